The fraction of sp³-hybridized carbons (Fsp3) is 0.650. The minimum absolute atomic E-state index is 0.114. The van der Waals surface area contributed by atoms with Crippen molar-refractivity contribution in [2.24, 2.45) is 0 Å². The van der Waals surface area contributed by atoms with Gasteiger partial charge in [-0.1, -0.05) is 18.6 Å². The standard InChI is InChI=1S/C20H31N3O2/c1-17(22-9-3-2-4-10-22)16-21-20(24)15-18-5-7-19(8-6-18)23-11-13-25-14-12-23/h5-8,17H,2-4,9-16H2,1H3,(H,21,24). The van der Waals surface area contributed by atoms with E-state index in [2.05, 4.69) is 46.3 Å². The molecule has 1 N–H and O–H groups in total. The van der Waals surface area contributed by atoms with Gasteiger partial charge in [0.25, 0.3) is 0 Å². The largest absolute Gasteiger partial charge is 0.378 e. The number of amides is 1. The lowest BCUT2D eigenvalue weighted by molar-refractivity contribution is -0.120. The Morgan fingerprint density at radius 3 is 2.44 bits per heavy atom. The van der Waals surface area contributed by atoms with Crippen molar-refractivity contribution < 1.29 is 9.53 Å². The van der Waals surface area contributed by atoms with Crippen molar-refractivity contribution in [1.29, 1.82) is 0 Å². The molecule has 1 amide bonds. The van der Waals surface area contributed by atoms with Crippen LogP contribution in [-0.4, -0.2) is 62.8 Å². The van der Waals surface area contributed by atoms with Crippen molar-refractivity contribution in [3.8, 4) is 0 Å². The van der Waals surface area contributed by atoms with Crippen molar-refractivity contribution >= 4 is 11.6 Å². The maximum absolute atomic E-state index is 12.2. The minimum Gasteiger partial charge on any atom is -0.378 e. The Kier molecular flexibility index (Phi) is 6.70. The number of nitrogens with zero attached hydrogens (tertiary/aromatic N) is 2. The van der Waals surface area contributed by atoms with Gasteiger partial charge in [-0.25, -0.2) is 0 Å². The molecule has 2 aliphatic rings. The maximum Gasteiger partial charge on any atom is 0.224 e. The Morgan fingerprint density at radius 2 is 1.76 bits per heavy atom. The van der Waals surface area contributed by atoms with Gasteiger partial charge in [0.05, 0.1) is 19.6 Å². The molecule has 2 heterocycles. The highest BCUT2D eigenvalue weighted by Gasteiger charge is 2.17. The summed E-state index contributed by atoms with van der Waals surface area (Å²) in [4.78, 5) is 17.0. The summed E-state index contributed by atoms with van der Waals surface area (Å²) in [5.41, 5.74) is 2.28. The first-order chi connectivity index (χ1) is 12.2. The number of rotatable bonds is 6. The molecule has 25 heavy (non-hydrogen) atoms. The Bertz CT molecular complexity index is 534. The Balaban J connectivity index is 1.42. The fourth-order valence-electron chi connectivity index (χ4n) is 3.64. The van der Waals surface area contributed by atoms with E-state index in [9.17, 15) is 4.79 Å². The topological polar surface area (TPSA) is 44.8 Å². The lowest BCUT2D eigenvalue weighted by Crippen LogP contribution is -2.44. The molecule has 0 saturated carbocycles. The van der Waals surface area contributed by atoms with Gasteiger partial charge in [-0.05, 0) is 50.6 Å². The number of piperidine rings is 1. The Labute approximate surface area is 151 Å². The van der Waals surface area contributed by atoms with Crippen LogP contribution in [0.15, 0.2) is 24.3 Å². The summed E-state index contributed by atoms with van der Waals surface area (Å²) < 4.78 is 5.39. The molecule has 138 valence electrons. The molecule has 1 aromatic carbocycles. The number of anilines is 1. The van der Waals surface area contributed by atoms with Crippen LogP contribution in [0.2, 0.25) is 0 Å². The zero-order chi connectivity index (χ0) is 17.5. The second-order valence-electron chi connectivity index (χ2n) is 7.19. The highest BCUT2D eigenvalue weighted by atomic mass is 16.5. The number of carbonyl (C=O) groups excluding carboxylic acids is 1. The van der Waals surface area contributed by atoms with Crippen LogP contribution >= 0.6 is 0 Å². The van der Waals surface area contributed by atoms with Crippen molar-refractivity contribution in [2.45, 2.75) is 38.6 Å². The maximum atomic E-state index is 12.2. The number of ether oxygens (including phenoxy) is 1. The Morgan fingerprint density at radius 1 is 1.08 bits per heavy atom. The molecule has 0 aliphatic carbocycles. The van der Waals surface area contributed by atoms with Crippen molar-refractivity contribution in [1.82, 2.24) is 10.2 Å². The predicted octanol–water partition coefficient (Wildman–Crippen LogP) is 2.06. The zero-order valence-corrected chi connectivity index (χ0v) is 15.4. The van der Waals surface area contributed by atoms with Crippen LogP contribution < -0.4 is 10.2 Å². The van der Waals surface area contributed by atoms with Crippen LogP contribution in [0.1, 0.15) is 31.7 Å². The molecule has 2 aliphatic heterocycles. The van der Waals surface area contributed by atoms with Gasteiger partial charge in [0.1, 0.15) is 0 Å². The van der Waals surface area contributed by atoms with E-state index >= 15 is 0 Å². The van der Waals surface area contributed by atoms with Gasteiger partial charge in [0.15, 0.2) is 0 Å². The first-order valence-corrected chi connectivity index (χ1v) is 9.65. The SMILES string of the molecule is CC(CNC(=O)Cc1ccc(N2CCOCC2)cc1)N1CCCCC1. The van der Waals surface area contributed by atoms with Crippen LogP contribution in [0.4, 0.5) is 5.69 Å². The molecule has 0 aromatic heterocycles. The molecule has 1 aromatic rings. The molecule has 5 heteroatoms. The summed E-state index contributed by atoms with van der Waals surface area (Å²) in [6.45, 7) is 8.74. The molecule has 2 fully saturated rings. The molecular formula is C20H31N3O2. The normalized spacial score (nSPS) is 20.3. The van der Waals surface area contributed by atoms with E-state index in [0.717, 1.165) is 38.4 Å². The van der Waals surface area contributed by atoms with Crippen LogP contribution in [0.25, 0.3) is 0 Å². The molecule has 0 radical (unpaired) electrons. The summed E-state index contributed by atoms with van der Waals surface area (Å²) in [6.07, 6.45) is 4.37. The third-order valence-corrected chi connectivity index (χ3v) is 5.29. The van der Waals surface area contributed by atoms with Crippen molar-refractivity contribution in [3.63, 3.8) is 0 Å². The van der Waals surface area contributed by atoms with E-state index in [4.69, 9.17) is 4.74 Å². The van der Waals surface area contributed by atoms with E-state index in [-0.39, 0.29) is 5.91 Å². The number of hydrogen-bond donors (Lipinski definition) is 1. The van der Waals surface area contributed by atoms with Gasteiger partial charge in [0.2, 0.25) is 5.91 Å². The van der Waals surface area contributed by atoms with Gasteiger partial charge in [-0.2, -0.15) is 0 Å². The zero-order valence-electron chi connectivity index (χ0n) is 15.4. The highest BCUT2D eigenvalue weighted by Crippen LogP contribution is 2.17. The van der Waals surface area contributed by atoms with E-state index in [1.165, 1.54) is 38.0 Å². The smallest absolute Gasteiger partial charge is 0.224 e. The van der Waals surface area contributed by atoms with Gasteiger partial charge in [-0.3, -0.25) is 9.69 Å². The number of morpholine rings is 1. The summed E-state index contributed by atoms with van der Waals surface area (Å²) in [6, 6.07) is 8.79. The number of hydrogen-bond acceptors (Lipinski definition) is 4. The average molecular weight is 345 g/mol. The number of nitrogens with one attached hydrogen (secondary N) is 1. The van der Waals surface area contributed by atoms with Gasteiger partial charge in [0, 0.05) is 31.4 Å². The number of benzene rings is 1. The second-order valence-corrected chi connectivity index (χ2v) is 7.19. The van der Waals surface area contributed by atoms with Crippen molar-refractivity contribution in [2.75, 3.05) is 50.8 Å². The highest BCUT2D eigenvalue weighted by molar-refractivity contribution is 5.78. The minimum atomic E-state index is 0.114. The number of carbonyl (C=O) groups is 1. The van der Waals surface area contributed by atoms with Crippen LogP contribution in [0, 0.1) is 0 Å². The van der Waals surface area contributed by atoms with Crippen LogP contribution in [-0.2, 0) is 16.0 Å². The summed E-state index contributed by atoms with van der Waals surface area (Å²) in [5, 5.41) is 3.10. The molecule has 0 bridgehead atoms. The molecule has 3 rings (SSSR count). The third-order valence-electron chi connectivity index (χ3n) is 5.29. The quantitative estimate of drug-likeness (QED) is 0.857. The molecule has 1 atom stereocenters. The fourth-order valence-corrected chi connectivity index (χ4v) is 3.64. The first kappa shape index (κ1) is 18.2. The second kappa shape index (κ2) is 9.20. The average Bonchev–Trinajstić information content (AvgIpc) is 2.68. The monoisotopic (exact) mass is 345 g/mol. The van der Waals surface area contributed by atoms with E-state index in [1.54, 1.807) is 0 Å². The van der Waals surface area contributed by atoms with E-state index in [0.29, 0.717) is 12.5 Å². The lowest BCUT2D eigenvalue weighted by Gasteiger charge is -2.32. The third kappa shape index (κ3) is 5.44. The summed E-state index contributed by atoms with van der Waals surface area (Å²) in [7, 11) is 0. The summed E-state index contributed by atoms with van der Waals surface area (Å²) in [5.74, 6) is 0.114. The molecule has 2 saturated heterocycles. The Hall–Kier alpha value is -1.59. The molecule has 0 spiro atoms. The van der Waals surface area contributed by atoms with Crippen LogP contribution in [0.5, 0.6) is 0 Å². The van der Waals surface area contributed by atoms with Gasteiger partial charge >= 0.3 is 0 Å². The molecule has 1 unspecified atom stereocenters. The molecule has 5 nitrogen and oxygen atoms in total. The van der Waals surface area contributed by atoms with Crippen LogP contribution in [0.3, 0.4) is 0 Å². The lowest BCUT2D eigenvalue weighted by atomic mass is 10.1. The predicted molar refractivity (Wildman–Crippen MR) is 101 cm³/mol. The van der Waals surface area contributed by atoms with Crippen molar-refractivity contribution in [3.05, 3.63) is 29.8 Å². The first-order valence-electron chi connectivity index (χ1n) is 9.65. The van der Waals surface area contributed by atoms with Gasteiger partial charge in [-0.15, -0.1) is 0 Å². The summed E-state index contributed by atoms with van der Waals surface area (Å²) >= 11 is 0. The van der Waals surface area contributed by atoms with Gasteiger partial charge < -0.3 is 15.0 Å². The van der Waals surface area contributed by atoms with E-state index in [1.807, 2.05) is 0 Å². The number of likely N-dealkylation sites (tertiary alicyclic amines) is 1. The van der Waals surface area contributed by atoms with E-state index < -0.39 is 0 Å². The molecular weight excluding hydrogens is 314 g/mol.